The summed E-state index contributed by atoms with van der Waals surface area (Å²) in [5.41, 5.74) is 0.826. The Labute approximate surface area is 144 Å². The molecule has 7 heteroatoms. The number of hydrogen-bond acceptors (Lipinski definition) is 5. The summed E-state index contributed by atoms with van der Waals surface area (Å²) in [5, 5.41) is 4.31. The largest absolute Gasteiger partial charge is 0.491 e. The third kappa shape index (κ3) is 3.31. The number of rotatable bonds is 5. The van der Waals surface area contributed by atoms with E-state index in [9.17, 15) is 9.18 Å². The minimum absolute atomic E-state index is 0.0697. The zero-order valence-corrected chi connectivity index (χ0v) is 14.2. The monoisotopic (exact) mass is 343 g/mol. The molecule has 0 aliphatic heterocycles. The molecule has 3 rings (SSSR count). The van der Waals surface area contributed by atoms with E-state index in [1.54, 1.807) is 31.5 Å². The molecule has 0 N–H and O–H groups in total. The van der Waals surface area contributed by atoms with Crippen molar-refractivity contribution in [3.63, 3.8) is 0 Å². The van der Waals surface area contributed by atoms with E-state index < -0.39 is 11.8 Å². The molecule has 25 heavy (non-hydrogen) atoms. The number of benzene rings is 1. The summed E-state index contributed by atoms with van der Waals surface area (Å²) < 4.78 is 26.7. The van der Waals surface area contributed by atoms with Crippen molar-refractivity contribution in [3.05, 3.63) is 48.0 Å². The van der Waals surface area contributed by atoms with Gasteiger partial charge in [-0.1, -0.05) is 0 Å². The van der Waals surface area contributed by atoms with Gasteiger partial charge in [0.25, 0.3) is 0 Å². The molecule has 130 valence electrons. The summed E-state index contributed by atoms with van der Waals surface area (Å²) >= 11 is 0. The number of carbonyl (C=O) groups is 1. The van der Waals surface area contributed by atoms with Gasteiger partial charge >= 0.3 is 5.97 Å². The first-order valence-electron chi connectivity index (χ1n) is 7.98. The molecule has 0 aliphatic carbocycles. The van der Waals surface area contributed by atoms with Gasteiger partial charge in [-0.3, -0.25) is 0 Å². The molecule has 0 aliphatic rings. The van der Waals surface area contributed by atoms with E-state index in [-0.39, 0.29) is 29.5 Å². The second-order valence-corrected chi connectivity index (χ2v) is 5.64. The van der Waals surface area contributed by atoms with E-state index in [0.29, 0.717) is 11.4 Å². The number of ether oxygens (including phenoxy) is 2. The van der Waals surface area contributed by atoms with Crippen molar-refractivity contribution in [2.45, 2.75) is 26.9 Å². The molecular weight excluding hydrogens is 325 g/mol. The normalized spacial score (nSPS) is 11.1. The van der Waals surface area contributed by atoms with Crippen molar-refractivity contribution in [2.75, 3.05) is 6.61 Å². The summed E-state index contributed by atoms with van der Waals surface area (Å²) in [5.74, 6) is -0.712. The molecule has 0 saturated carbocycles. The number of aromatic nitrogens is 3. The molecule has 0 fully saturated rings. The van der Waals surface area contributed by atoms with Crippen molar-refractivity contribution in [1.29, 1.82) is 0 Å². The number of hydrogen-bond donors (Lipinski definition) is 0. The van der Waals surface area contributed by atoms with Crippen LogP contribution in [0.2, 0.25) is 0 Å². The first-order valence-corrected chi connectivity index (χ1v) is 7.98. The van der Waals surface area contributed by atoms with E-state index >= 15 is 0 Å². The average Bonchev–Trinajstić information content (AvgIpc) is 2.93. The fraction of sp³-hybridized carbons (Fsp3) is 0.278. The summed E-state index contributed by atoms with van der Waals surface area (Å²) in [6.07, 6.45) is 3.11. The molecule has 0 unspecified atom stereocenters. The second kappa shape index (κ2) is 6.88. The molecule has 0 amide bonds. The zero-order valence-electron chi connectivity index (χ0n) is 14.2. The molecular formula is C18H18FN3O3. The van der Waals surface area contributed by atoms with Crippen molar-refractivity contribution >= 4 is 11.6 Å². The lowest BCUT2D eigenvalue weighted by Crippen LogP contribution is -2.07. The van der Waals surface area contributed by atoms with Gasteiger partial charge in [0.05, 0.1) is 12.7 Å². The molecule has 0 saturated heterocycles. The van der Waals surface area contributed by atoms with E-state index in [0.717, 1.165) is 0 Å². The highest BCUT2D eigenvalue weighted by Crippen LogP contribution is 2.30. The lowest BCUT2D eigenvalue weighted by atomic mass is 10.1. The third-order valence-corrected chi connectivity index (χ3v) is 3.44. The first kappa shape index (κ1) is 16.9. The van der Waals surface area contributed by atoms with Crippen LogP contribution < -0.4 is 4.74 Å². The Morgan fingerprint density at radius 1 is 1.36 bits per heavy atom. The summed E-state index contributed by atoms with van der Waals surface area (Å²) in [7, 11) is 0. The molecule has 2 heterocycles. The minimum Gasteiger partial charge on any atom is -0.491 e. The number of fused-ring (bicyclic) bond motifs is 1. The topological polar surface area (TPSA) is 65.7 Å². The second-order valence-electron chi connectivity index (χ2n) is 5.64. The molecule has 0 radical (unpaired) electrons. The average molecular weight is 343 g/mol. The Morgan fingerprint density at radius 2 is 2.16 bits per heavy atom. The van der Waals surface area contributed by atoms with Gasteiger partial charge in [-0.25, -0.2) is 18.7 Å². The fourth-order valence-electron chi connectivity index (χ4n) is 2.50. The molecule has 1 aromatic carbocycles. The van der Waals surface area contributed by atoms with Crippen LogP contribution in [0.3, 0.4) is 0 Å². The van der Waals surface area contributed by atoms with Crippen molar-refractivity contribution in [2.24, 2.45) is 0 Å². The Morgan fingerprint density at radius 3 is 2.84 bits per heavy atom. The van der Waals surface area contributed by atoms with Crippen LogP contribution in [0.1, 0.15) is 31.1 Å². The van der Waals surface area contributed by atoms with Crippen LogP contribution in [0.5, 0.6) is 5.75 Å². The highest BCUT2D eigenvalue weighted by molar-refractivity contribution is 6.02. The smallest absolute Gasteiger partial charge is 0.344 e. The molecule has 0 spiro atoms. The molecule has 3 aromatic rings. The van der Waals surface area contributed by atoms with Crippen LogP contribution in [0.25, 0.3) is 16.9 Å². The van der Waals surface area contributed by atoms with Crippen LogP contribution in [0.15, 0.2) is 36.7 Å². The van der Waals surface area contributed by atoms with Gasteiger partial charge in [0.15, 0.2) is 5.65 Å². The summed E-state index contributed by atoms with van der Waals surface area (Å²) in [6.45, 7) is 5.62. The van der Waals surface area contributed by atoms with Gasteiger partial charge < -0.3 is 9.47 Å². The van der Waals surface area contributed by atoms with Crippen molar-refractivity contribution < 1.29 is 18.7 Å². The van der Waals surface area contributed by atoms with E-state index in [4.69, 9.17) is 9.47 Å². The van der Waals surface area contributed by atoms with Crippen LogP contribution >= 0.6 is 0 Å². The summed E-state index contributed by atoms with van der Waals surface area (Å²) in [4.78, 5) is 16.5. The van der Waals surface area contributed by atoms with E-state index in [1.165, 1.54) is 16.6 Å². The zero-order chi connectivity index (χ0) is 18.0. The van der Waals surface area contributed by atoms with Gasteiger partial charge in [-0.2, -0.15) is 5.10 Å². The van der Waals surface area contributed by atoms with Crippen molar-refractivity contribution in [1.82, 2.24) is 14.6 Å². The molecule has 6 nitrogen and oxygen atoms in total. The standard InChI is InChI=1S/C18H18FN3O3/c1-4-24-18(23)15-16(21-22-9-5-8-20-17(15)22)13-7-6-12(10-14(13)19)25-11(2)3/h5-11H,4H2,1-3H3. The van der Waals surface area contributed by atoms with Crippen LogP contribution in [0.4, 0.5) is 4.39 Å². The molecule has 2 aromatic heterocycles. The fourth-order valence-corrected chi connectivity index (χ4v) is 2.50. The van der Waals surface area contributed by atoms with Gasteiger partial charge in [0.1, 0.15) is 22.8 Å². The predicted octanol–water partition coefficient (Wildman–Crippen LogP) is 3.50. The Hall–Kier alpha value is -2.96. The first-order chi connectivity index (χ1) is 12.0. The SMILES string of the molecule is CCOC(=O)c1c(-c2ccc(OC(C)C)cc2F)nn2cccnc12. The van der Waals surface area contributed by atoms with Gasteiger partial charge in [-0.15, -0.1) is 0 Å². The van der Waals surface area contributed by atoms with Crippen molar-refractivity contribution in [3.8, 4) is 17.0 Å². The Balaban J connectivity index is 2.15. The maximum Gasteiger partial charge on any atom is 0.344 e. The van der Waals surface area contributed by atoms with E-state index in [1.807, 2.05) is 13.8 Å². The van der Waals surface area contributed by atoms with E-state index in [2.05, 4.69) is 10.1 Å². The lowest BCUT2D eigenvalue weighted by Gasteiger charge is -2.11. The maximum absolute atomic E-state index is 14.6. The van der Waals surface area contributed by atoms with Crippen LogP contribution in [0, 0.1) is 5.82 Å². The number of nitrogens with zero attached hydrogens (tertiary/aromatic N) is 3. The molecule has 0 bridgehead atoms. The van der Waals surface area contributed by atoms with Gasteiger partial charge in [0, 0.05) is 24.0 Å². The minimum atomic E-state index is -0.590. The van der Waals surface area contributed by atoms with Gasteiger partial charge in [0.2, 0.25) is 0 Å². The number of esters is 1. The highest BCUT2D eigenvalue weighted by Gasteiger charge is 2.25. The quantitative estimate of drug-likeness (QED) is 0.663. The van der Waals surface area contributed by atoms with Gasteiger partial charge in [-0.05, 0) is 39.0 Å². The predicted molar refractivity (Wildman–Crippen MR) is 90.1 cm³/mol. The number of halogens is 1. The summed E-state index contributed by atoms with van der Waals surface area (Å²) in [6, 6.07) is 6.14. The Bertz CT molecular complexity index is 921. The third-order valence-electron chi connectivity index (χ3n) is 3.44. The lowest BCUT2D eigenvalue weighted by molar-refractivity contribution is 0.0529. The van der Waals surface area contributed by atoms with Crippen LogP contribution in [-0.4, -0.2) is 33.3 Å². The Kier molecular flexibility index (Phi) is 4.65. The van der Waals surface area contributed by atoms with Crippen LogP contribution in [-0.2, 0) is 4.74 Å². The molecule has 0 atom stereocenters. The number of carbonyl (C=O) groups excluding carboxylic acids is 1. The highest BCUT2D eigenvalue weighted by atomic mass is 19.1. The maximum atomic E-state index is 14.6.